The van der Waals surface area contributed by atoms with Crippen LogP contribution in [0.25, 0.3) is 5.69 Å². The second kappa shape index (κ2) is 8.95. The molecule has 1 atom stereocenters. The molecule has 0 aliphatic heterocycles. The molecular weight excluding hydrogens is 366 g/mol. The van der Waals surface area contributed by atoms with E-state index in [4.69, 9.17) is 4.74 Å². The van der Waals surface area contributed by atoms with Gasteiger partial charge >= 0.3 is 0 Å². The van der Waals surface area contributed by atoms with Gasteiger partial charge in [-0.3, -0.25) is 9.59 Å². The fraction of sp³-hybridized carbons (Fsp3) is 0.435. The summed E-state index contributed by atoms with van der Waals surface area (Å²) in [4.78, 5) is 25.7. The van der Waals surface area contributed by atoms with Crippen molar-refractivity contribution in [2.75, 3.05) is 7.11 Å². The van der Waals surface area contributed by atoms with Crippen LogP contribution in [0, 0.1) is 31.1 Å². The number of Topliss-reactive ketones (excluding diaryl/α,β-unsaturated/α-hetero) is 1. The van der Waals surface area contributed by atoms with Gasteiger partial charge in [0.25, 0.3) is 0 Å². The first-order chi connectivity index (χ1) is 14.0. The first-order valence-electron chi connectivity index (χ1n) is 10.0. The Morgan fingerprint density at radius 3 is 2.59 bits per heavy atom. The van der Waals surface area contributed by atoms with E-state index in [9.17, 15) is 14.9 Å². The van der Waals surface area contributed by atoms with E-state index in [0.717, 1.165) is 37.1 Å². The molecule has 6 nitrogen and oxygen atoms in total. The molecule has 1 aromatic carbocycles. The topological polar surface area (TPSA) is 84.1 Å². The molecule has 0 spiro atoms. The molecule has 1 aliphatic rings. The highest BCUT2D eigenvalue weighted by molar-refractivity contribution is 6.12. The zero-order chi connectivity index (χ0) is 21.0. The van der Waals surface area contributed by atoms with Crippen LogP contribution in [0.5, 0.6) is 5.75 Å². The van der Waals surface area contributed by atoms with E-state index >= 15 is 0 Å². The standard InChI is InChI=1S/C23H27N3O3/c1-15-12-20(16(2)26(15)18-10-7-11-19(13-18)29-3)22(27)21(14-24)23(28)25-17-8-5-4-6-9-17/h7,10-13,17,21H,4-6,8-9H2,1-3H3,(H,25,28). The molecule has 1 saturated carbocycles. The van der Waals surface area contributed by atoms with E-state index in [2.05, 4.69) is 5.32 Å². The molecular formula is C23H27N3O3. The Labute approximate surface area is 171 Å². The lowest BCUT2D eigenvalue weighted by atomic mass is 9.93. The minimum absolute atomic E-state index is 0.0594. The third kappa shape index (κ3) is 4.34. The number of carbonyl (C=O) groups excluding carboxylic acids is 2. The third-order valence-corrected chi connectivity index (χ3v) is 5.61. The van der Waals surface area contributed by atoms with Gasteiger partial charge in [-0.15, -0.1) is 0 Å². The molecule has 0 bridgehead atoms. The van der Waals surface area contributed by atoms with E-state index < -0.39 is 17.6 Å². The number of rotatable bonds is 6. The molecule has 2 aromatic rings. The summed E-state index contributed by atoms with van der Waals surface area (Å²) in [5.41, 5.74) is 2.81. The van der Waals surface area contributed by atoms with E-state index in [1.807, 2.05) is 48.7 Å². The molecule has 1 aliphatic carbocycles. The van der Waals surface area contributed by atoms with Crippen molar-refractivity contribution >= 4 is 11.7 Å². The highest BCUT2D eigenvalue weighted by Crippen LogP contribution is 2.26. The van der Waals surface area contributed by atoms with Crippen LogP contribution >= 0.6 is 0 Å². The molecule has 0 radical (unpaired) electrons. The summed E-state index contributed by atoms with van der Waals surface area (Å²) >= 11 is 0. The first kappa shape index (κ1) is 20.7. The maximum Gasteiger partial charge on any atom is 0.245 e. The lowest BCUT2D eigenvalue weighted by molar-refractivity contribution is -0.123. The third-order valence-electron chi connectivity index (χ3n) is 5.61. The van der Waals surface area contributed by atoms with Crippen molar-refractivity contribution in [3.63, 3.8) is 0 Å². The smallest absolute Gasteiger partial charge is 0.245 e. The van der Waals surface area contributed by atoms with Gasteiger partial charge in [0.05, 0.1) is 13.2 Å². The number of hydrogen-bond donors (Lipinski definition) is 1. The van der Waals surface area contributed by atoms with Gasteiger partial charge in [0.1, 0.15) is 5.75 Å². The minimum Gasteiger partial charge on any atom is -0.497 e. The zero-order valence-electron chi connectivity index (χ0n) is 17.2. The maximum atomic E-state index is 13.1. The number of benzene rings is 1. The fourth-order valence-corrected chi connectivity index (χ4v) is 4.08. The first-order valence-corrected chi connectivity index (χ1v) is 10.0. The second-order valence-corrected chi connectivity index (χ2v) is 7.59. The Bertz CT molecular complexity index is 949. The number of aryl methyl sites for hydroxylation is 1. The van der Waals surface area contributed by atoms with Crippen molar-refractivity contribution in [3.05, 3.63) is 47.3 Å². The van der Waals surface area contributed by atoms with Crippen LogP contribution in [0.3, 0.4) is 0 Å². The quantitative estimate of drug-likeness (QED) is 0.596. The summed E-state index contributed by atoms with van der Waals surface area (Å²) in [5.74, 6) is -1.57. The summed E-state index contributed by atoms with van der Waals surface area (Å²) in [7, 11) is 1.60. The summed E-state index contributed by atoms with van der Waals surface area (Å²) in [6.45, 7) is 3.72. The molecule has 1 amide bonds. The Balaban J connectivity index is 1.86. The van der Waals surface area contributed by atoms with Gasteiger partial charge in [0.2, 0.25) is 5.91 Å². The summed E-state index contributed by atoms with van der Waals surface area (Å²) in [5, 5.41) is 12.5. The van der Waals surface area contributed by atoms with Crippen molar-refractivity contribution in [2.24, 2.45) is 5.92 Å². The minimum atomic E-state index is -1.34. The number of ether oxygens (including phenoxy) is 1. The van der Waals surface area contributed by atoms with Crippen LogP contribution in [-0.2, 0) is 4.79 Å². The van der Waals surface area contributed by atoms with Crippen LogP contribution in [0.2, 0.25) is 0 Å². The number of nitriles is 1. The molecule has 6 heteroatoms. The van der Waals surface area contributed by atoms with Gasteiger partial charge in [-0.1, -0.05) is 25.3 Å². The van der Waals surface area contributed by atoms with Crippen LogP contribution in [0.15, 0.2) is 30.3 Å². The van der Waals surface area contributed by atoms with Gasteiger partial charge in [-0.25, -0.2) is 0 Å². The van der Waals surface area contributed by atoms with Crippen LogP contribution in [0.4, 0.5) is 0 Å². The number of nitrogens with one attached hydrogen (secondary N) is 1. The lowest BCUT2D eigenvalue weighted by Gasteiger charge is -2.23. The SMILES string of the molecule is COc1cccc(-n2c(C)cc(C(=O)C(C#N)C(=O)NC3CCCCC3)c2C)c1. The van der Waals surface area contributed by atoms with Gasteiger partial charge in [-0.2, -0.15) is 5.26 Å². The summed E-state index contributed by atoms with van der Waals surface area (Å²) in [6.07, 6.45) is 5.11. The molecule has 0 saturated heterocycles. The Hall–Kier alpha value is -3.07. The lowest BCUT2D eigenvalue weighted by Crippen LogP contribution is -2.42. The average Bonchev–Trinajstić information content (AvgIpc) is 3.03. The predicted molar refractivity (Wildman–Crippen MR) is 110 cm³/mol. The number of carbonyl (C=O) groups is 2. The van der Waals surface area contributed by atoms with Crippen molar-refractivity contribution in [3.8, 4) is 17.5 Å². The number of amides is 1. The van der Waals surface area contributed by atoms with Crippen LogP contribution < -0.4 is 10.1 Å². The highest BCUT2D eigenvalue weighted by atomic mass is 16.5. The number of nitrogens with zero attached hydrogens (tertiary/aromatic N) is 2. The summed E-state index contributed by atoms with van der Waals surface area (Å²) < 4.78 is 7.23. The molecule has 1 unspecified atom stereocenters. The van der Waals surface area contributed by atoms with Gasteiger partial charge < -0.3 is 14.6 Å². The molecule has 152 valence electrons. The maximum absolute atomic E-state index is 13.1. The van der Waals surface area contributed by atoms with Crippen LogP contribution in [0.1, 0.15) is 53.8 Å². The molecule has 1 fully saturated rings. The van der Waals surface area contributed by atoms with Crippen molar-refractivity contribution in [1.29, 1.82) is 5.26 Å². The van der Waals surface area contributed by atoms with E-state index in [-0.39, 0.29) is 6.04 Å². The van der Waals surface area contributed by atoms with E-state index in [0.29, 0.717) is 17.0 Å². The molecule has 29 heavy (non-hydrogen) atoms. The van der Waals surface area contributed by atoms with Crippen LogP contribution in [-0.4, -0.2) is 29.4 Å². The predicted octanol–water partition coefficient (Wildman–Crippen LogP) is 3.87. The van der Waals surface area contributed by atoms with E-state index in [1.54, 1.807) is 13.2 Å². The molecule has 3 rings (SSSR count). The van der Waals surface area contributed by atoms with Crippen molar-refractivity contribution in [1.82, 2.24) is 9.88 Å². The van der Waals surface area contributed by atoms with Crippen molar-refractivity contribution in [2.45, 2.75) is 52.0 Å². The average molecular weight is 393 g/mol. The number of ketones is 1. The molecule has 1 aromatic heterocycles. The fourth-order valence-electron chi connectivity index (χ4n) is 4.08. The second-order valence-electron chi connectivity index (χ2n) is 7.59. The molecule has 1 heterocycles. The Morgan fingerprint density at radius 2 is 1.93 bits per heavy atom. The number of hydrogen-bond acceptors (Lipinski definition) is 4. The van der Waals surface area contributed by atoms with E-state index in [1.165, 1.54) is 6.42 Å². The molecule has 1 N–H and O–H groups in total. The number of methoxy groups -OCH3 is 1. The van der Waals surface area contributed by atoms with Gasteiger partial charge in [0.15, 0.2) is 11.7 Å². The van der Waals surface area contributed by atoms with Gasteiger partial charge in [-0.05, 0) is 44.9 Å². The number of aromatic nitrogens is 1. The normalized spacial score (nSPS) is 15.4. The largest absolute Gasteiger partial charge is 0.497 e. The zero-order valence-corrected chi connectivity index (χ0v) is 17.2. The Kier molecular flexibility index (Phi) is 6.38. The summed E-state index contributed by atoms with van der Waals surface area (Å²) in [6, 6.07) is 11.3. The van der Waals surface area contributed by atoms with Crippen molar-refractivity contribution < 1.29 is 14.3 Å². The van der Waals surface area contributed by atoms with Gasteiger partial charge in [0, 0.05) is 34.7 Å². The monoisotopic (exact) mass is 393 g/mol. The Morgan fingerprint density at radius 1 is 1.21 bits per heavy atom. The highest BCUT2D eigenvalue weighted by Gasteiger charge is 2.31.